The van der Waals surface area contributed by atoms with Crippen molar-refractivity contribution in [2.45, 2.75) is 65.0 Å². The quantitative estimate of drug-likeness (QED) is 0.850. The fourth-order valence-electron chi connectivity index (χ4n) is 2.52. The van der Waals surface area contributed by atoms with Gasteiger partial charge in [0.15, 0.2) is 0 Å². The second-order valence-electron chi connectivity index (χ2n) is 6.92. The molecule has 1 fully saturated rings. The molecule has 1 aliphatic rings. The lowest BCUT2D eigenvalue weighted by molar-refractivity contribution is -0.125. The molecule has 0 unspecified atom stereocenters. The minimum absolute atomic E-state index is 0.0161. The molecule has 7 heteroatoms. The van der Waals surface area contributed by atoms with Gasteiger partial charge in [-0.3, -0.25) is 9.69 Å². The smallest absolute Gasteiger partial charge is 0.412 e. The van der Waals surface area contributed by atoms with Crippen molar-refractivity contribution < 1.29 is 23.8 Å². The van der Waals surface area contributed by atoms with Gasteiger partial charge < -0.3 is 19.5 Å². The van der Waals surface area contributed by atoms with Gasteiger partial charge in [0, 0.05) is 13.7 Å². The summed E-state index contributed by atoms with van der Waals surface area (Å²) in [5.74, 6) is -0.233. The van der Waals surface area contributed by atoms with E-state index in [-0.39, 0.29) is 31.2 Å². The van der Waals surface area contributed by atoms with Gasteiger partial charge in [-0.2, -0.15) is 0 Å². The zero-order valence-corrected chi connectivity index (χ0v) is 14.6. The van der Waals surface area contributed by atoms with E-state index in [0.717, 1.165) is 0 Å². The molecule has 2 atom stereocenters. The molecule has 7 nitrogen and oxygen atoms in total. The fourth-order valence-corrected chi connectivity index (χ4v) is 2.52. The maximum absolute atomic E-state index is 12.5. The number of nitrogens with zero attached hydrogens (tertiary/aromatic N) is 1. The van der Waals surface area contributed by atoms with Crippen LogP contribution in [0.1, 0.15) is 41.5 Å². The van der Waals surface area contributed by atoms with Crippen LogP contribution in [0, 0.1) is 0 Å². The standard InChI is InChI=1S/C15H28N2O5/c1-10-11(8-16-12(18)9-20-7)17(15(5,6)21-10)13(19)22-14(2,3)4/h10-11H,8-9H2,1-7H3,(H,16,18)/t10-,11+/m1/s1. The highest BCUT2D eigenvalue weighted by atomic mass is 16.6. The third-order valence-corrected chi connectivity index (χ3v) is 3.30. The van der Waals surface area contributed by atoms with Gasteiger partial charge in [0.2, 0.25) is 5.91 Å². The molecule has 22 heavy (non-hydrogen) atoms. The molecule has 0 aliphatic carbocycles. The van der Waals surface area contributed by atoms with Crippen LogP contribution in [0.5, 0.6) is 0 Å². The van der Waals surface area contributed by atoms with Gasteiger partial charge in [0.05, 0.1) is 12.1 Å². The Balaban J connectivity index is 2.83. The first-order valence-electron chi connectivity index (χ1n) is 7.43. The lowest BCUT2D eigenvalue weighted by atomic mass is 10.1. The van der Waals surface area contributed by atoms with Crippen LogP contribution < -0.4 is 5.32 Å². The van der Waals surface area contributed by atoms with Crippen molar-refractivity contribution in [3.8, 4) is 0 Å². The number of hydrogen-bond acceptors (Lipinski definition) is 5. The Morgan fingerprint density at radius 3 is 2.41 bits per heavy atom. The fraction of sp³-hybridized carbons (Fsp3) is 0.867. The summed E-state index contributed by atoms with van der Waals surface area (Å²) in [6.07, 6.45) is -0.668. The van der Waals surface area contributed by atoms with Crippen LogP contribution in [0.15, 0.2) is 0 Å². The first-order chi connectivity index (χ1) is 9.98. The number of rotatable bonds is 4. The zero-order valence-electron chi connectivity index (χ0n) is 14.6. The summed E-state index contributed by atoms with van der Waals surface area (Å²) >= 11 is 0. The lowest BCUT2D eigenvalue weighted by Gasteiger charge is -2.35. The molecule has 1 heterocycles. The van der Waals surface area contributed by atoms with Crippen molar-refractivity contribution in [3.05, 3.63) is 0 Å². The Morgan fingerprint density at radius 1 is 1.32 bits per heavy atom. The zero-order chi connectivity index (χ0) is 17.1. The van der Waals surface area contributed by atoms with Crippen LogP contribution in [0.4, 0.5) is 4.79 Å². The number of carbonyl (C=O) groups is 2. The highest BCUT2D eigenvalue weighted by Crippen LogP contribution is 2.33. The summed E-state index contributed by atoms with van der Waals surface area (Å²) < 4.78 is 16.1. The molecule has 0 aromatic heterocycles. The first kappa shape index (κ1) is 18.7. The Labute approximate surface area is 132 Å². The number of hydrogen-bond donors (Lipinski definition) is 1. The van der Waals surface area contributed by atoms with Crippen LogP contribution in [0.25, 0.3) is 0 Å². The van der Waals surface area contributed by atoms with Crippen molar-refractivity contribution in [1.29, 1.82) is 0 Å². The van der Waals surface area contributed by atoms with E-state index in [1.54, 1.807) is 4.90 Å². The summed E-state index contributed by atoms with van der Waals surface area (Å²) in [6, 6.07) is -0.300. The summed E-state index contributed by atoms with van der Waals surface area (Å²) in [7, 11) is 1.46. The number of methoxy groups -OCH3 is 1. The summed E-state index contributed by atoms with van der Waals surface area (Å²) in [5, 5.41) is 2.75. The van der Waals surface area contributed by atoms with Crippen LogP contribution in [0.2, 0.25) is 0 Å². The van der Waals surface area contributed by atoms with E-state index in [0.29, 0.717) is 0 Å². The molecule has 1 N–H and O–H groups in total. The molecule has 0 aromatic carbocycles. The molecule has 1 saturated heterocycles. The van der Waals surface area contributed by atoms with E-state index in [1.807, 2.05) is 41.5 Å². The number of amides is 2. The molecule has 2 amide bonds. The van der Waals surface area contributed by atoms with Gasteiger partial charge >= 0.3 is 6.09 Å². The lowest BCUT2D eigenvalue weighted by Crippen LogP contribution is -2.53. The van der Waals surface area contributed by atoms with Gasteiger partial charge in [0.1, 0.15) is 17.9 Å². The number of nitrogens with one attached hydrogen (secondary N) is 1. The maximum atomic E-state index is 12.5. The molecular formula is C15H28N2O5. The minimum Gasteiger partial charge on any atom is -0.444 e. The predicted molar refractivity (Wildman–Crippen MR) is 81.4 cm³/mol. The van der Waals surface area contributed by atoms with Crippen molar-refractivity contribution in [3.63, 3.8) is 0 Å². The Bertz CT molecular complexity index is 417. The minimum atomic E-state index is -0.793. The van der Waals surface area contributed by atoms with Crippen LogP contribution in [-0.2, 0) is 19.0 Å². The second kappa shape index (κ2) is 6.83. The van der Waals surface area contributed by atoms with E-state index in [9.17, 15) is 9.59 Å². The Morgan fingerprint density at radius 2 is 1.91 bits per heavy atom. The van der Waals surface area contributed by atoms with Crippen molar-refractivity contribution in [2.24, 2.45) is 0 Å². The Hall–Kier alpha value is -1.34. The molecule has 0 bridgehead atoms. The van der Waals surface area contributed by atoms with Crippen LogP contribution in [0.3, 0.4) is 0 Å². The van der Waals surface area contributed by atoms with Gasteiger partial charge in [-0.15, -0.1) is 0 Å². The Kier molecular flexibility index (Phi) is 5.81. The molecule has 0 radical (unpaired) electrons. The molecule has 1 rings (SSSR count). The van der Waals surface area contributed by atoms with Crippen LogP contribution in [-0.4, -0.2) is 60.6 Å². The van der Waals surface area contributed by atoms with Gasteiger partial charge in [0.25, 0.3) is 0 Å². The van der Waals surface area contributed by atoms with E-state index >= 15 is 0 Å². The van der Waals surface area contributed by atoms with Crippen molar-refractivity contribution in [2.75, 3.05) is 20.3 Å². The van der Waals surface area contributed by atoms with Crippen molar-refractivity contribution in [1.82, 2.24) is 10.2 Å². The summed E-state index contributed by atoms with van der Waals surface area (Å²) in [6.45, 7) is 11.2. The van der Waals surface area contributed by atoms with Crippen LogP contribution >= 0.6 is 0 Å². The summed E-state index contributed by atoms with van der Waals surface area (Å²) in [4.78, 5) is 25.6. The second-order valence-corrected chi connectivity index (χ2v) is 6.92. The predicted octanol–water partition coefficient (Wildman–Crippen LogP) is 1.51. The molecule has 1 aliphatic heterocycles. The SMILES string of the molecule is COCC(=O)NC[C@H]1[C@@H](C)OC(C)(C)N1C(=O)OC(C)(C)C. The third-order valence-electron chi connectivity index (χ3n) is 3.30. The molecule has 0 spiro atoms. The molecule has 128 valence electrons. The van der Waals surface area contributed by atoms with Gasteiger partial charge in [-0.1, -0.05) is 0 Å². The molecule has 0 aromatic rings. The third kappa shape index (κ3) is 4.84. The maximum Gasteiger partial charge on any atom is 0.412 e. The van der Waals surface area contributed by atoms with Gasteiger partial charge in [-0.05, 0) is 41.5 Å². The van der Waals surface area contributed by atoms with Gasteiger partial charge in [-0.25, -0.2) is 4.79 Å². The van der Waals surface area contributed by atoms with E-state index in [4.69, 9.17) is 14.2 Å². The van der Waals surface area contributed by atoms with Crippen molar-refractivity contribution >= 4 is 12.0 Å². The first-order valence-corrected chi connectivity index (χ1v) is 7.43. The number of carbonyl (C=O) groups excluding carboxylic acids is 2. The highest BCUT2D eigenvalue weighted by molar-refractivity contribution is 5.77. The van der Waals surface area contributed by atoms with E-state index < -0.39 is 17.4 Å². The summed E-state index contributed by atoms with van der Waals surface area (Å²) in [5.41, 5.74) is -1.39. The highest BCUT2D eigenvalue weighted by Gasteiger charge is 2.49. The van der Waals surface area contributed by atoms with E-state index in [1.165, 1.54) is 7.11 Å². The average Bonchev–Trinajstić information content (AvgIpc) is 2.53. The number of ether oxygens (including phenoxy) is 3. The monoisotopic (exact) mass is 316 g/mol. The van der Waals surface area contributed by atoms with E-state index in [2.05, 4.69) is 5.32 Å². The topological polar surface area (TPSA) is 77.1 Å². The normalized spacial score (nSPS) is 24.2. The molecule has 0 saturated carbocycles. The largest absolute Gasteiger partial charge is 0.444 e. The average molecular weight is 316 g/mol. The molecular weight excluding hydrogens is 288 g/mol.